The second kappa shape index (κ2) is 10.4. The summed E-state index contributed by atoms with van der Waals surface area (Å²) in [6.45, 7) is 3.13. The minimum Gasteiger partial charge on any atom is -0.497 e. The van der Waals surface area contributed by atoms with E-state index in [1.165, 1.54) is 0 Å². The van der Waals surface area contributed by atoms with Crippen molar-refractivity contribution in [2.75, 3.05) is 27.2 Å². The van der Waals surface area contributed by atoms with Gasteiger partial charge in [0, 0.05) is 40.0 Å². The van der Waals surface area contributed by atoms with Gasteiger partial charge in [-0.3, -0.25) is 9.59 Å². The Morgan fingerprint density at radius 1 is 0.963 bits per heavy atom. The Balaban J connectivity index is 1.84. The van der Waals surface area contributed by atoms with Crippen molar-refractivity contribution in [2.24, 2.45) is 0 Å². The summed E-state index contributed by atoms with van der Waals surface area (Å²) >= 11 is 0. The van der Waals surface area contributed by atoms with Crippen molar-refractivity contribution < 1.29 is 14.3 Å². The first-order valence-corrected chi connectivity index (χ1v) is 9.16. The van der Waals surface area contributed by atoms with E-state index in [1.54, 1.807) is 30.9 Å². The number of methoxy groups -OCH3 is 1. The first-order chi connectivity index (χ1) is 13.0. The topological polar surface area (TPSA) is 49.9 Å². The molecule has 0 saturated carbocycles. The Morgan fingerprint density at radius 3 is 2.33 bits per heavy atom. The van der Waals surface area contributed by atoms with Crippen LogP contribution in [0.2, 0.25) is 0 Å². The van der Waals surface area contributed by atoms with E-state index in [0.717, 1.165) is 23.3 Å². The summed E-state index contributed by atoms with van der Waals surface area (Å²) in [6, 6.07) is 17.7. The van der Waals surface area contributed by atoms with Gasteiger partial charge < -0.3 is 14.5 Å². The molecule has 144 valence electrons. The number of benzene rings is 2. The van der Waals surface area contributed by atoms with Crippen LogP contribution in [0, 0.1) is 0 Å². The summed E-state index contributed by atoms with van der Waals surface area (Å²) in [5.74, 6) is 0.822. The van der Waals surface area contributed by atoms with Gasteiger partial charge in [0.15, 0.2) is 0 Å². The molecule has 0 spiro atoms. The van der Waals surface area contributed by atoms with Gasteiger partial charge in [0.2, 0.25) is 11.8 Å². The van der Waals surface area contributed by atoms with Gasteiger partial charge in [0.05, 0.1) is 7.11 Å². The molecule has 2 rings (SSSR count). The second-order valence-electron chi connectivity index (χ2n) is 6.59. The molecule has 0 aliphatic heterocycles. The van der Waals surface area contributed by atoms with Crippen LogP contribution in [0.5, 0.6) is 5.75 Å². The number of rotatable bonds is 9. The quantitative estimate of drug-likeness (QED) is 0.683. The van der Waals surface area contributed by atoms with Crippen LogP contribution in [0.4, 0.5) is 0 Å². The number of hydrogen-bond donors (Lipinski definition) is 0. The third kappa shape index (κ3) is 6.77. The van der Waals surface area contributed by atoms with Gasteiger partial charge in [-0.25, -0.2) is 0 Å². The first-order valence-electron chi connectivity index (χ1n) is 9.16. The van der Waals surface area contributed by atoms with Crippen molar-refractivity contribution in [1.29, 1.82) is 0 Å². The Morgan fingerprint density at radius 2 is 1.67 bits per heavy atom. The van der Waals surface area contributed by atoms with E-state index in [9.17, 15) is 9.59 Å². The van der Waals surface area contributed by atoms with Gasteiger partial charge in [-0.05, 0) is 29.7 Å². The molecule has 2 amide bonds. The number of nitrogens with zero attached hydrogens (tertiary/aromatic N) is 2. The van der Waals surface area contributed by atoms with E-state index >= 15 is 0 Å². The molecular weight excluding hydrogens is 340 g/mol. The molecule has 0 saturated heterocycles. The van der Waals surface area contributed by atoms with Crippen molar-refractivity contribution in [2.45, 2.75) is 26.3 Å². The van der Waals surface area contributed by atoms with Crippen LogP contribution in [0.1, 0.15) is 24.5 Å². The van der Waals surface area contributed by atoms with Crippen LogP contribution in [-0.4, -0.2) is 48.9 Å². The van der Waals surface area contributed by atoms with Crippen LogP contribution in [-0.2, 0) is 22.6 Å². The molecule has 0 aliphatic rings. The van der Waals surface area contributed by atoms with E-state index in [1.807, 2.05) is 54.6 Å². The maximum absolute atomic E-state index is 12.4. The SMILES string of the molecule is COc1cccc(CCN(CCC(=O)N(C)Cc2ccccc2)C(C)=O)c1. The lowest BCUT2D eigenvalue weighted by molar-refractivity contribution is -0.133. The zero-order valence-electron chi connectivity index (χ0n) is 16.4. The third-order valence-electron chi connectivity index (χ3n) is 4.53. The Labute approximate surface area is 161 Å². The minimum absolute atomic E-state index is 0.0172. The van der Waals surface area contributed by atoms with Crippen molar-refractivity contribution in [3.05, 3.63) is 65.7 Å². The number of amides is 2. The molecule has 0 bridgehead atoms. The molecule has 2 aromatic carbocycles. The van der Waals surface area contributed by atoms with Crippen molar-refractivity contribution in [1.82, 2.24) is 9.80 Å². The molecule has 0 aliphatic carbocycles. The fraction of sp³-hybridized carbons (Fsp3) is 0.364. The van der Waals surface area contributed by atoms with E-state index < -0.39 is 0 Å². The predicted molar refractivity (Wildman–Crippen MR) is 106 cm³/mol. The standard InChI is InChI=1S/C22H28N2O3/c1-18(25)24(14-12-19-10-7-11-21(16-19)27-3)15-13-22(26)23(2)17-20-8-5-4-6-9-20/h4-11,16H,12-15,17H2,1-3H3. The summed E-state index contributed by atoms with van der Waals surface area (Å²) < 4.78 is 5.23. The molecule has 27 heavy (non-hydrogen) atoms. The predicted octanol–water partition coefficient (Wildman–Crippen LogP) is 3.13. The molecule has 5 heteroatoms. The van der Waals surface area contributed by atoms with Crippen LogP contribution in [0.3, 0.4) is 0 Å². The Bertz CT molecular complexity index is 746. The molecule has 0 atom stereocenters. The van der Waals surface area contributed by atoms with Gasteiger partial charge in [-0.2, -0.15) is 0 Å². The smallest absolute Gasteiger partial charge is 0.224 e. The normalized spacial score (nSPS) is 10.3. The molecule has 0 N–H and O–H groups in total. The van der Waals surface area contributed by atoms with Gasteiger partial charge >= 0.3 is 0 Å². The maximum atomic E-state index is 12.4. The number of hydrogen-bond acceptors (Lipinski definition) is 3. The fourth-order valence-corrected chi connectivity index (χ4v) is 2.89. The summed E-state index contributed by atoms with van der Waals surface area (Å²) in [5.41, 5.74) is 2.20. The van der Waals surface area contributed by atoms with E-state index in [-0.39, 0.29) is 11.8 Å². The zero-order chi connectivity index (χ0) is 19.6. The van der Waals surface area contributed by atoms with Crippen LogP contribution >= 0.6 is 0 Å². The molecule has 5 nitrogen and oxygen atoms in total. The first kappa shape index (κ1) is 20.5. The number of carbonyl (C=O) groups is 2. The lowest BCUT2D eigenvalue weighted by atomic mass is 10.1. The summed E-state index contributed by atoms with van der Waals surface area (Å²) in [4.78, 5) is 27.8. The molecule has 0 unspecified atom stereocenters. The second-order valence-corrected chi connectivity index (χ2v) is 6.59. The highest BCUT2D eigenvalue weighted by molar-refractivity contribution is 5.78. The lowest BCUT2D eigenvalue weighted by Gasteiger charge is -2.23. The highest BCUT2D eigenvalue weighted by Crippen LogP contribution is 2.13. The fourth-order valence-electron chi connectivity index (χ4n) is 2.89. The molecule has 0 radical (unpaired) electrons. The zero-order valence-corrected chi connectivity index (χ0v) is 16.4. The summed E-state index contributed by atoms with van der Waals surface area (Å²) in [7, 11) is 3.43. The maximum Gasteiger partial charge on any atom is 0.224 e. The molecule has 0 heterocycles. The number of carbonyl (C=O) groups excluding carboxylic acids is 2. The van der Waals surface area contributed by atoms with Crippen molar-refractivity contribution in [3.63, 3.8) is 0 Å². The largest absolute Gasteiger partial charge is 0.497 e. The molecule has 0 aromatic heterocycles. The van der Waals surface area contributed by atoms with E-state index in [2.05, 4.69) is 0 Å². The highest BCUT2D eigenvalue weighted by Gasteiger charge is 2.14. The monoisotopic (exact) mass is 368 g/mol. The van der Waals surface area contributed by atoms with Gasteiger partial charge in [0.25, 0.3) is 0 Å². The average molecular weight is 368 g/mol. The van der Waals surface area contributed by atoms with Crippen LogP contribution in [0.15, 0.2) is 54.6 Å². The van der Waals surface area contributed by atoms with Crippen molar-refractivity contribution >= 4 is 11.8 Å². The molecule has 0 fully saturated rings. The summed E-state index contributed by atoms with van der Waals surface area (Å²) in [5, 5.41) is 0. The van der Waals surface area contributed by atoms with E-state index in [0.29, 0.717) is 26.1 Å². The average Bonchev–Trinajstić information content (AvgIpc) is 2.68. The Kier molecular flexibility index (Phi) is 7.86. The van der Waals surface area contributed by atoms with Crippen molar-refractivity contribution in [3.8, 4) is 5.75 Å². The van der Waals surface area contributed by atoms with Gasteiger partial charge in [-0.15, -0.1) is 0 Å². The molecular formula is C22H28N2O3. The summed E-state index contributed by atoms with van der Waals surface area (Å²) in [6.07, 6.45) is 1.05. The third-order valence-corrected chi connectivity index (χ3v) is 4.53. The van der Waals surface area contributed by atoms with Crippen LogP contribution < -0.4 is 4.74 Å². The van der Waals surface area contributed by atoms with E-state index in [4.69, 9.17) is 4.74 Å². The Hall–Kier alpha value is -2.82. The number of ether oxygens (including phenoxy) is 1. The highest BCUT2D eigenvalue weighted by atomic mass is 16.5. The molecule has 2 aromatic rings. The van der Waals surface area contributed by atoms with Crippen LogP contribution in [0.25, 0.3) is 0 Å². The minimum atomic E-state index is -0.0172. The van der Waals surface area contributed by atoms with Gasteiger partial charge in [-0.1, -0.05) is 42.5 Å². The lowest BCUT2D eigenvalue weighted by Crippen LogP contribution is -2.35. The van der Waals surface area contributed by atoms with Gasteiger partial charge in [0.1, 0.15) is 5.75 Å².